The summed E-state index contributed by atoms with van der Waals surface area (Å²) < 4.78 is 5.25. The lowest BCUT2D eigenvalue weighted by atomic mass is 10.1. The largest absolute Gasteiger partial charge is 0.444 e. The first-order chi connectivity index (χ1) is 6.92. The number of carbonyl (C=O) groups excluding carboxylic acids is 1. The zero-order valence-corrected chi connectivity index (χ0v) is 9.62. The molecule has 0 bridgehead atoms. The molecule has 84 valence electrons. The van der Waals surface area contributed by atoms with Crippen LogP contribution in [0.15, 0.2) is 0 Å². The summed E-state index contributed by atoms with van der Waals surface area (Å²) in [6.45, 7) is 13.7. The molecule has 4 nitrogen and oxygen atoms in total. The second kappa shape index (κ2) is 4.52. The van der Waals surface area contributed by atoms with Gasteiger partial charge in [0.05, 0.1) is 6.54 Å². The van der Waals surface area contributed by atoms with Crippen LogP contribution in [0.25, 0.3) is 4.85 Å². The lowest BCUT2D eigenvalue weighted by molar-refractivity contribution is 0.0210. The van der Waals surface area contributed by atoms with Crippen LogP contribution in [0.4, 0.5) is 4.79 Å². The number of amides is 1. The Morgan fingerprint density at radius 1 is 1.53 bits per heavy atom. The third-order valence-electron chi connectivity index (χ3n) is 2.23. The smallest absolute Gasteiger partial charge is 0.410 e. The van der Waals surface area contributed by atoms with Gasteiger partial charge in [0.2, 0.25) is 6.04 Å². The number of hydrogen-bond acceptors (Lipinski definition) is 2. The van der Waals surface area contributed by atoms with E-state index in [4.69, 9.17) is 11.3 Å². The number of piperidine rings is 1. The normalized spacial score (nSPS) is 22.0. The highest BCUT2D eigenvalue weighted by atomic mass is 16.6. The fourth-order valence-corrected chi connectivity index (χ4v) is 1.55. The van der Waals surface area contributed by atoms with E-state index in [1.54, 1.807) is 4.90 Å². The van der Waals surface area contributed by atoms with E-state index < -0.39 is 5.60 Å². The standard InChI is InChI=1S/C11H18N2O2/c1-11(2,3)15-10(14)13-7-5-6-9(8-13)12-4/h9H,5-8H2,1-3H3/t9-/m1/s1. The molecule has 15 heavy (non-hydrogen) atoms. The van der Waals surface area contributed by atoms with Gasteiger partial charge < -0.3 is 14.5 Å². The van der Waals surface area contributed by atoms with Crippen molar-refractivity contribution in [2.75, 3.05) is 13.1 Å². The van der Waals surface area contributed by atoms with Crippen LogP contribution in [0.2, 0.25) is 0 Å². The molecule has 0 aromatic rings. The molecule has 1 rings (SSSR count). The summed E-state index contributed by atoms with van der Waals surface area (Å²) in [6, 6.07) is -0.0498. The van der Waals surface area contributed by atoms with E-state index in [0.717, 1.165) is 12.8 Å². The minimum absolute atomic E-state index is 0.0498. The van der Waals surface area contributed by atoms with Gasteiger partial charge in [-0.1, -0.05) is 0 Å². The van der Waals surface area contributed by atoms with E-state index in [1.807, 2.05) is 20.8 Å². The maximum absolute atomic E-state index is 11.7. The molecule has 0 radical (unpaired) electrons. The van der Waals surface area contributed by atoms with Crippen molar-refractivity contribution in [3.05, 3.63) is 11.4 Å². The van der Waals surface area contributed by atoms with Gasteiger partial charge in [-0.2, -0.15) is 0 Å². The van der Waals surface area contributed by atoms with Crippen LogP contribution in [-0.2, 0) is 4.74 Å². The van der Waals surface area contributed by atoms with Crippen LogP contribution < -0.4 is 0 Å². The van der Waals surface area contributed by atoms with Gasteiger partial charge in [-0.15, -0.1) is 0 Å². The molecule has 1 aliphatic rings. The summed E-state index contributed by atoms with van der Waals surface area (Å²) in [5.41, 5.74) is -0.456. The highest BCUT2D eigenvalue weighted by Gasteiger charge is 2.29. The molecule has 0 unspecified atom stereocenters. The van der Waals surface area contributed by atoms with Gasteiger partial charge in [-0.05, 0) is 27.2 Å². The van der Waals surface area contributed by atoms with Crippen molar-refractivity contribution in [3.8, 4) is 0 Å². The molecule has 0 aromatic carbocycles. The quantitative estimate of drug-likeness (QED) is 0.575. The van der Waals surface area contributed by atoms with Crippen molar-refractivity contribution < 1.29 is 9.53 Å². The molecule has 1 aliphatic heterocycles. The maximum Gasteiger partial charge on any atom is 0.410 e. The summed E-state index contributed by atoms with van der Waals surface area (Å²) in [5.74, 6) is 0. The van der Waals surface area contributed by atoms with E-state index in [2.05, 4.69) is 4.85 Å². The van der Waals surface area contributed by atoms with Crippen molar-refractivity contribution in [2.45, 2.75) is 45.3 Å². The van der Waals surface area contributed by atoms with Crippen LogP contribution in [0.5, 0.6) is 0 Å². The number of nitrogens with zero attached hydrogens (tertiary/aromatic N) is 2. The molecule has 0 saturated carbocycles. The Hall–Kier alpha value is -1.24. The maximum atomic E-state index is 11.7. The van der Waals surface area contributed by atoms with E-state index in [0.29, 0.717) is 13.1 Å². The van der Waals surface area contributed by atoms with Gasteiger partial charge in [0.25, 0.3) is 0 Å². The lowest BCUT2D eigenvalue weighted by Gasteiger charge is -2.30. The third-order valence-corrected chi connectivity index (χ3v) is 2.23. The van der Waals surface area contributed by atoms with E-state index in [9.17, 15) is 4.79 Å². The lowest BCUT2D eigenvalue weighted by Crippen LogP contribution is -2.43. The number of hydrogen-bond donors (Lipinski definition) is 0. The Balaban J connectivity index is 2.50. The summed E-state index contributed by atoms with van der Waals surface area (Å²) in [5, 5.41) is 0. The second-order valence-electron chi connectivity index (χ2n) is 4.85. The molecule has 1 fully saturated rings. The summed E-state index contributed by atoms with van der Waals surface area (Å²) in [7, 11) is 0. The predicted octanol–water partition coefficient (Wildman–Crippen LogP) is 2.31. The molecule has 1 amide bonds. The summed E-state index contributed by atoms with van der Waals surface area (Å²) in [6.07, 6.45) is 1.49. The van der Waals surface area contributed by atoms with Crippen molar-refractivity contribution in [1.82, 2.24) is 4.90 Å². The number of carbonyl (C=O) groups is 1. The van der Waals surface area contributed by atoms with E-state index >= 15 is 0 Å². The van der Waals surface area contributed by atoms with Crippen LogP contribution in [0.3, 0.4) is 0 Å². The predicted molar refractivity (Wildman–Crippen MR) is 57.4 cm³/mol. The first-order valence-electron chi connectivity index (χ1n) is 5.27. The van der Waals surface area contributed by atoms with Crippen molar-refractivity contribution in [1.29, 1.82) is 0 Å². The Labute approximate surface area is 91.0 Å². The molecule has 0 spiro atoms. The second-order valence-corrected chi connectivity index (χ2v) is 4.85. The van der Waals surface area contributed by atoms with Gasteiger partial charge >= 0.3 is 6.09 Å². The zero-order valence-electron chi connectivity index (χ0n) is 9.62. The number of rotatable bonds is 0. The molecule has 1 saturated heterocycles. The van der Waals surface area contributed by atoms with E-state index in [-0.39, 0.29) is 12.1 Å². The fraction of sp³-hybridized carbons (Fsp3) is 0.818. The molecular formula is C11H18N2O2. The van der Waals surface area contributed by atoms with Gasteiger partial charge in [0.15, 0.2) is 0 Å². The highest BCUT2D eigenvalue weighted by Crippen LogP contribution is 2.16. The monoisotopic (exact) mass is 210 g/mol. The number of likely N-dealkylation sites (tertiary alicyclic amines) is 1. The SMILES string of the molecule is [C-]#[N+][C@@H]1CCCN(C(=O)OC(C)(C)C)C1. The Bertz CT molecular complexity index is 275. The fourth-order valence-electron chi connectivity index (χ4n) is 1.55. The molecular weight excluding hydrogens is 192 g/mol. The van der Waals surface area contributed by atoms with Crippen LogP contribution >= 0.6 is 0 Å². The van der Waals surface area contributed by atoms with Crippen LogP contribution in [0, 0.1) is 6.57 Å². The van der Waals surface area contributed by atoms with Crippen molar-refractivity contribution >= 4 is 6.09 Å². The molecule has 1 atom stereocenters. The molecule has 0 aliphatic carbocycles. The molecule has 0 aromatic heterocycles. The van der Waals surface area contributed by atoms with Crippen LogP contribution in [-0.4, -0.2) is 35.7 Å². The van der Waals surface area contributed by atoms with Crippen molar-refractivity contribution in [3.63, 3.8) is 0 Å². The average molecular weight is 210 g/mol. The number of ether oxygens (including phenoxy) is 1. The van der Waals surface area contributed by atoms with E-state index in [1.165, 1.54) is 0 Å². The molecule has 1 heterocycles. The van der Waals surface area contributed by atoms with Crippen LogP contribution in [0.1, 0.15) is 33.6 Å². The average Bonchev–Trinajstić information content (AvgIpc) is 2.15. The van der Waals surface area contributed by atoms with Crippen molar-refractivity contribution in [2.24, 2.45) is 0 Å². The van der Waals surface area contributed by atoms with Gasteiger partial charge in [-0.3, -0.25) is 0 Å². The molecule has 4 heteroatoms. The summed E-state index contributed by atoms with van der Waals surface area (Å²) >= 11 is 0. The van der Waals surface area contributed by atoms with Gasteiger partial charge in [0, 0.05) is 13.0 Å². The zero-order chi connectivity index (χ0) is 11.5. The van der Waals surface area contributed by atoms with Gasteiger partial charge in [0.1, 0.15) is 5.60 Å². The first-order valence-corrected chi connectivity index (χ1v) is 5.27. The molecule has 0 N–H and O–H groups in total. The van der Waals surface area contributed by atoms with Gasteiger partial charge in [-0.25, -0.2) is 11.4 Å². The minimum Gasteiger partial charge on any atom is -0.444 e. The third kappa shape index (κ3) is 3.78. The minimum atomic E-state index is -0.456. The Morgan fingerprint density at radius 3 is 2.73 bits per heavy atom. The summed E-state index contributed by atoms with van der Waals surface area (Å²) in [4.78, 5) is 16.8. The first kappa shape index (κ1) is 11.8. The topological polar surface area (TPSA) is 33.9 Å². The Morgan fingerprint density at radius 2 is 2.20 bits per heavy atom. The highest BCUT2D eigenvalue weighted by molar-refractivity contribution is 5.68. The Kier molecular flexibility index (Phi) is 3.57.